The largest absolute Gasteiger partial charge is 0.497 e. The highest BCUT2D eigenvalue weighted by Gasteiger charge is 2.16. The highest BCUT2D eigenvalue weighted by molar-refractivity contribution is 7.99. The predicted molar refractivity (Wildman–Crippen MR) is 130 cm³/mol. The van der Waals surface area contributed by atoms with Gasteiger partial charge in [-0.2, -0.15) is 0 Å². The molecule has 0 aliphatic carbocycles. The SMILES string of the molecule is CCn1c(SCC(=O)Nc2ccc(OC)cc2OC)nnc1-c1ccc(OCC(C)C)cc1. The van der Waals surface area contributed by atoms with E-state index in [4.69, 9.17) is 14.2 Å². The van der Waals surface area contributed by atoms with Crippen molar-refractivity contribution in [3.05, 3.63) is 42.5 Å². The Morgan fingerprint density at radius 2 is 1.79 bits per heavy atom. The second-order valence-electron chi connectivity index (χ2n) is 7.68. The van der Waals surface area contributed by atoms with Crippen molar-refractivity contribution >= 4 is 23.4 Å². The van der Waals surface area contributed by atoms with Crippen LogP contribution < -0.4 is 19.5 Å². The molecule has 0 aliphatic rings. The fourth-order valence-electron chi connectivity index (χ4n) is 3.08. The Bertz CT molecular complexity index is 1070. The molecule has 0 aliphatic heterocycles. The lowest BCUT2D eigenvalue weighted by Gasteiger charge is -2.12. The van der Waals surface area contributed by atoms with Crippen LogP contribution in [0.2, 0.25) is 0 Å². The van der Waals surface area contributed by atoms with E-state index in [0.29, 0.717) is 41.4 Å². The summed E-state index contributed by atoms with van der Waals surface area (Å²) >= 11 is 1.34. The third kappa shape index (κ3) is 6.41. The van der Waals surface area contributed by atoms with E-state index in [9.17, 15) is 4.79 Å². The standard InChI is InChI=1S/C24H30N4O4S/c1-6-28-23(17-7-9-18(10-8-17)32-14-16(2)3)26-27-24(28)33-15-22(29)25-20-12-11-19(30-4)13-21(20)31-5/h7-13,16H,6,14-15H2,1-5H3,(H,25,29). The Balaban J connectivity index is 1.65. The van der Waals surface area contributed by atoms with E-state index >= 15 is 0 Å². The van der Waals surface area contributed by atoms with E-state index in [1.165, 1.54) is 11.8 Å². The van der Waals surface area contributed by atoms with Gasteiger partial charge in [0.25, 0.3) is 0 Å². The average Bonchev–Trinajstić information content (AvgIpc) is 3.24. The molecule has 1 aromatic heterocycles. The third-order valence-electron chi connectivity index (χ3n) is 4.74. The number of carbonyl (C=O) groups excluding carboxylic acids is 1. The van der Waals surface area contributed by atoms with E-state index in [2.05, 4.69) is 29.4 Å². The average molecular weight is 471 g/mol. The van der Waals surface area contributed by atoms with Crippen LogP contribution in [-0.2, 0) is 11.3 Å². The molecule has 3 rings (SSSR count). The molecule has 1 N–H and O–H groups in total. The zero-order valence-corrected chi connectivity index (χ0v) is 20.4. The second kappa shape index (κ2) is 11.6. The predicted octanol–water partition coefficient (Wildman–Crippen LogP) is 4.75. The van der Waals surface area contributed by atoms with Gasteiger partial charge < -0.3 is 24.1 Å². The van der Waals surface area contributed by atoms with E-state index in [-0.39, 0.29) is 11.7 Å². The number of hydrogen-bond acceptors (Lipinski definition) is 7. The monoisotopic (exact) mass is 470 g/mol. The first-order valence-corrected chi connectivity index (χ1v) is 11.7. The Hall–Kier alpha value is -3.20. The molecule has 0 saturated carbocycles. The van der Waals surface area contributed by atoms with E-state index in [0.717, 1.165) is 17.1 Å². The number of rotatable bonds is 11. The van der Waals surface area contributed by atoms with Gasteiger partial charge in [-0.15, -0.1) is 10.2 Å². The number of aromatic nitrogens is 3. The van der Waals surface area contributed by atoms with Crippen LogP contribution in [0, 0.1) is 5.92 Å². The molecule has 8 nitrogen and oxygen atoms in total. The molecule has 9 heteroatoms. The van der Waals surface area contributed by atoms with Crippen LogP contribution in [0.5, 0.6) is 17.2 Å². The first-order chi connectivity index (χ1) is 15.9. The van der Waals surface area contributed by atoms with Gasteiger partial charge in [-0.1, -0.05) is 25.6 Å². The number of ether oxygens (including phenoxy) is 3. The smallest absolute Gasteiger partial charge is 0.234 e. The summed E-state index contributed by atoms with van der Waals surface area (Å²) in [5.74, 6) is 3.27. The molecule has 2 aromatic carbocycles. The minimum absolute atomic E-state index is 0.165. The van der Waals surface area contributed by atoms with Crippen molar-refractivity contribution in [3.8, 4) is 28.6 Å². The fraction of sp³-hybridized carbons (Fsp3) is 0.375. The molecule has 33 heavy (non-hydrogen) atoms. The van der Waals surface area contributed by atoms with Crippen LogP contribution in [0.4, 0.5) is 5.69 Å². The topological polar surface area (TPSA) is 87.5 Å². The van der Waals surface area contributed by atoms with Crippen LogP contribution in [0.1, 0.15) is 20.8 Å². The molecule has 0 unspecified atom stereocenters. The molecule has 0 radical (unpaired) electrons. The normalized spacial score (nSPS) is 10.8. The highest BCUT2D eigenvalue weighted by atomic mass is 32.2. The van der Waals surface area contributed by atoms with Crippen molar-refractivity contribution in [3.63, 3.8) is 0 Å². The summed E-state index contributed by atoms with van der Waals surface area (Å²) in [5.41, 5.74) is 1.53. The maximum atomic E-state index is 12.5. The summed E-state index contributed by atoms with van der Waals surface area (Å²) in [6, 6.07) is 13.1. The Morgan fingerprint density at radius 3 is 2.42 bits per heavy atom. The van der Waals surface area contributed by atoms with Gasteiger partial charge in [0.15, 0.2) is 11.0 Å². The molecule has 0 saturated heterocycles. The quantitative estimate of drug-likeness (QED) is 0.405. The van der Waals surface area contributed by atoms with Gasteiger partial charge in [-0.25, -0.2) is 0 Å². The van der Waals surface area contributed by atoms with Gasteiger partial charge in [0, 0.05) is 18.2 Å². The van der Waals surface area contributed by atoms with Crippen LogP contribution in [0.3, 0.4) is 0 Å². The number of hydrogen-bond donors (Lipinski definition) is 1. The minimum atomic E-state index is -0.165. The molecular weight excluding hydrogens is 440 g/mol. The van der Waals surface area contributed by atoms with Crippen molar-refractivity contribution in [1.29, 1.82) is 0 Å². The summed E-state index contributed by atoms with van der Waals surface area (Å²) in [6.07, 6.45) is 0. The number of anilines is 1. The van der Waals surface area contributed by atoms with Gasteiger partial charge >= 0.3 is 0 Å². The van der Waals surface area contributed by atoms with Crippen LogP contribution in [0.25, 0.3) is 11.4 Å². The number of benzene rings is 2. The van der Waals surface area contributed by atoms with Gasteiger partial charge in [0.1, 0.15) is 17.2 Å². The molecule has 176 valence electrons. The number of nitrogens with zero attached hydrogens (tertiary/aromatic N) is 3. The van der Waals surface area contributed by atoms with Gasteiger partial charge in [-0.05, 0) is 49.2 Å². The molecule has 0 bridgehead atoms. The molecule has 0 fully saturated rings. The van der Waals surface area contributed by atoms with Crippen molar-refractivity contribution < 1.29 is 19.0 Å². The van der Waals surface area contributed by atoms with Crippen molar-refractivity contribution in [1.82, 2.24) is 14.8 Å². The second-order valence-corrected chi connectivity index (χ2v) is 8.63. The number of nitrogens with one attached hydrogen (secondary N) is 1. The summed E-state index contributed by atoms with van der Waals surface area (Å²) < 4.78 is 18.3. The van der Waals surface area contributed by atoms with E-state index in [1.54, 1.807) is 32.4 Å². The molecule has 0 spiro atoms. The molecule has 1 heterocycles. The summed E-state index contributed by atoms with van der Waals surface area (Å²) in [5, 5.41) is 12.2. The highest BCUT2D eigenvalue weighted by Crippen LogP contribution is 2.30. The third-order valence-corrected chi connectivity index (χ3v) is 5.71. The van der Waals surface area contributed by atoms with Crippen molar-refractivity contribution in [2.45, 2.75) is 32.5 Å². The summed E-state index contributed by atoms with van der Waals surface area (Å²) in [7, 11) is 3.13. The Labute approximate surface area is 198 Å². The summed E-state index contributed by atoms with van der Waals surface area (Å²) in [6.45, 7) is 7.62. The maximum absolute atomic E-state index is 12.5. The Kier molecular flexibility index (Phi) is 8.59. The zero-order valence-electron chi connectivity index (χ0n) is 19.6. The fourth-order valence-corrected chi connectivity index (χ4v) is 3.88. The van der Waals surface area contributed by atoms with E-state index in [1.807, 2.05) is 35.8 Å². The first-order valence-electron chi connectivity index (χ1n) is 10.8. The van der Waals surface area contributed by atoms with Crippen molar-refractivity contribution in [2.75, 3.05) is 31.9 Å². The lowest BCUT2D eigenvalue weighted by atomic mass is 10.2. The molecule has 1 amide bonds. The van der Waals surface area contributed by atoms with Gasteiger partial charge in [0.2, 0.25) is 5.91 Å². The zero-order chi connectivity index (χ0) is 23.8. The minimum Gasteiger partial charge on any atom is -0.497 e. The number of thioether (sulfide) groups is 1. The molecular formula is C24H30N4O4S. The first kappa shape index (κ1) is 24.4. The van der Waals surface area contributed by atoms with Gasteiger partial charge in [-0.3, -0.25) is 4.79 Å². The molecule has 0 atom stereocenters. The number of methoxy groups -OCH3 is 2. The van der Waals surface area contributed by atoms with Crippen LogP contribution in [0.15, 0.2) is 47.6 Å². The maximum Gasteiger partial charge on any atom is 0.234 e. The van der Waals surface area contributed by atoms with Crippen LogP contribution >= 0.6 is 11.8 Å². The lowest BCUT2D eigenvalue weighted by Crippen LogP contribution is -2.15. The lowest BCUT2D eigenvalue weighted by molar-refractivity contribution is -0.113. The molecule has 3 aromatic rings. The number of amides is 1. The van der Waals surface area contributed by atoms with E-state index < -0.39 is 0 Å². The van der Waals surface area contributed by atoms with Crippen molar-refractivity contribution in [2.24, 2.45) is 5.92 Å². The van der Waals surface area contributed by atoms with Crippen LogP contribution in [-0.4, -0.2) is 47.3 Å². The van der Waals surface area contributed by atoms with Gasteiger partial charge in [0.05, 0.1) is 32.3 Å². The number of carbonyl (C=O) groups is 1. The summed E-state index contributed by atoms with van der Waals surface area (Å²) in [4.78, 5) is 12.5. The Morgan fingerprint density at radius 1 is 1.06 bits per heavy atom.